The fraction of sp³-hybridized carbons (Fsp3) is 0.0612. The molecule has 0 atom stereocenters. The SMILES string of the molecule is CC1(C)c2ccccc2-c2cccc(-c3ccc(N(c4cccc(-c5cccc6ccccc56)c4)c4ccc5oc6ccccc6c5c4)cc3)c21. The highest BCUT2D eigenvalue weighted by molar-refractivity contribution is 6.06. The van der Waals surface area contributed by atoms with Crippen LogP contribution in [0.5, 0.6) is 0 Å². The zero-order valence-corrected chi connectivity index (χ0v) is 28.6. The first-order valence-electron chi connectivity index (χ1n) is 17.7. The van der Waals surface area contributed by atoms with Crippen LogP contribution in [0.1, 0.15) is 25.0 Å². The van der Waals surface area contributed by atoms with Crippen LogP contribution in [-0.4, -0.2) is 0 Å². The Labute approximate surface area is 297 Å². The zero-order chi connectivity index (χ0) is 34.1. The summed E-state index contributed by atoms with van der Waals surface area (Å²) in [6, 6.07) is 63.7. The number of furan rings is 1. The van der Waals surface area contributed by atoms with Crippen LogP contribution in [0.3, 0.4) is 0 Å². The molecule has 0 fully saturated rings. The molecule has 0 N–H and O–H groups in total. The average molecular weight is 654 g/mol. The van der Waals surface area contributed by atoms with Gasteiger partial charge in [-0.15, -0.1) is 0 Å². The molecule has 0 saturated heterocycles. The number of anilines is 3. The lowest BCUT2D eigenvalue weighted by Gasteiger charge is -2.27. The summed E-state index contributed by atoms with van der Waals surface area (Å²) < 4.78 is 6.24. The van der Waals surface area contributed by atoms with E-state index < -0.39 is 0 Å². The molecule has 242 valence electrons. The van der Waals surface area contributed by atoms with Crippen molar-refractivity contribution in [1.82, 2.24) is 0 Å². The van der Waals surface area contributed by atoms with Crippen molar-refractivity contribution in [2.24, 2.45) is 0 Å². The number of benzene rings is 8. The molecule has 0 unspecified atom stereocenters. The third-order valence-corrected chi connectivity index (χ3v) is 10.8. The molecule has 8 aromatic carbocycles. The predicted molar refractivity (Wildman–Crippen MR) is 214 cm³/mol. The lowest BCUT2D eigenvalue weighted by Crippen LogP contribution is -2.16. The van der Waals surface area contributed by atoms with E-state index in [1.165, 1.54) is 55.3 Å². The van der Waals surface area contributed by atoms with Gasteiger partial charge in [-0.3, -0.25) is 0 Å². The topological polar surface area (TPSA) is 16.4 Å². The second-order valence-electron chi connectivity index (χ2n) is 14.1. The van der Waals surface area contributed by atoms with Gasteiger partial charge < -0.3 is 9.32 Å². The van der Waals surface area contributed by atoms with Crippen molar-refractivity contribution in [2.75, 3.05) is 4.90 Å². The van der Waals surface area contributed by atoms with Crippen LogP contribution in [0.4, 0.5) is 17.1 Å². The predicted octanol–water partition coefficient (Wildman–Crippen LogP) is 13.8. The minimum atomic E-state index is -0.0853. The van der Waals surface area contributed by atoms with E-state index in [2.05, 4.69) is 183 Å². The quantitative estimate of drug-likeness (QED) is 0.184. The van der Waals surface area contributed by atoms with Crippen molar-refractivity contribution in [3.05, 3.63) is 187 Å². The van der Waals surface area contributed by atoms with Gasteiger partial charge in [0.25, 0.3) is 0 Å². The summed E-state index contributed by atoms with van der Waals surface area (Å²) in [5.41, 5.74) is 15.4. The number of hydrogen-bond acceptors (Lipinski definition) is 2. The molecule has 0 bridgehead atoms. The first kappa shape index (κ1) is 29.5. The van der Waals surface area contributed by atoms with Crippen molar-refractivity contribution >= 4 is 49.8 Å². The maximum atomic E-state index is 6.24. The lowest BCUT2D eigenvalue weighted by molar-refractivity contribution is 0.662. The van der Waals surface area contributed by atoms with Crippen LogP contribution >= 0.6 is 0 Å². The standard InChI is InChI=1S/C49H35NO/c1-49(2)45-22-7-5-17-41(45)43-21-11-20-40(48(43)49)33-24-26-35(27-25-33)50(37-28-29-47-44(31-37)42-18-6-8-23-46(42)51-47)36-15-9-14-34(30-36)39-19-10-13-32-12-3-4-16-38(32)39/h3-31H,1-2H3. The number of rotatable bonds is 5. The monoisotopic (exact) mass is 653 g/mol. The van der Waals surface area contributed by atoms with Crippen molar-refractivity contribution in [1.29, 1.82) is 0 Å². The van der Waals surface area contributed by atoms with E-state index in [0.717, 1.165) is 39.0 Å². The van der Waals surface area contributed by atoms with E-state index in [4.69, 9.17) is 4.42 Å². The van der Waals surface area contributed by atoms with Gasteiger partial charge in [0.1, 0.15) is 11.2 Å². The molecule has 9 aromatic rings. The summed E-state index contributed by atoms with van der Waals surface area (Å²) in [6.07, 6.45) is 0. The minimum Gasteiger partial charge on any atom is -0.456 e. The minimum absolute atomic E-state index is 0.0853. The second-order valence-corrected chi connectivity index (χ2v) is 14.1. The highest BCUT2D eigenvalue weighted by Gasteiger charge is 2.37. The van der Waals surface area contributed by atoms with Gasteiger partial charge in [-0.2, -0.15) is 0 Å². The van der Waals surface area contributed by atoms with E-state index in [1.54, 1.807) is 0 Å². The Balaban J connectivity index is 1.13. The van der Waals surface area contributed by atoms with Crippen LogP contribution in [0.25, 0.3) is 66.1 Å². The van der Waals surface area contributed by atoms with Crippen LogP contribution in [0.15, 0.2) is 180 Å². The Hall–Kier alpha value is -6.38. The smallest absolute Gasteiger partial charge is 0.135 e. The van der Waals surface area contributed by atoms with Gasteiger partial charge in [-0.05, 0) is 104 Å². The molecule has 0 amide bonds. The molecule has 1 heterocycles. The zero-order valence-electron chi connectivity index (χ0n) is 28.6. The summed E-state index contributed by atoms with van der Waals surface area (Å²) in [5.74, 6) is 0. The normalized spacial score (nSPS) is 13.1. The summed E-state index contributed by atoms with van der Waals surface area (Å²) in [5, 5.41) is 4.72. The Kier molecular flexibility index (Phi) is 6.56. The summed E-state index contributed by atoms with van der Waals surface area (Å²) >= 11 is 0. The molecule has 0 saturated carbocycles. The lowest BCUT2D eigenvalue weighted by atomic mass is 9.79. The maximum absolute atomic E-state index is 6.24. The molecular formula is C49H35NO. The first-order chi connectivity index (χ1) is 25.0. The molecule has 1 aliphatic rings. The van der Waals surface area contributed by atoms with E-state index in [9.17, 15) is 0 Å². The van der Waals surface area contributed by atoms with Gasteiger partial charge in [0.15, 0.2) is 0 Å². The van der Waals surface area contributed by atoms with Crippen molar-refractivity contribution < 1.29 is 4.42 Å². The van der Waals surface area contributed by atoms with Gasteiger partial charge in [0.05, 0.1) is 0 Å². The second kappa shape index (κ2) is 11.3. The van der Waals surface area contributed by atoms with E-state index >= 15 is 0 Å². The Morgan fingerprint density at radius 3 is 1.94 bits per heavy atom. The number of fused-ring (bicyclic) bond motifs is 7. The number of para-hydroxylation sites is 1. The average Bonchev–Trinajstić information content (AvgIpc) is 3.67. The van der Waals surface area contributed by atoms with Crippen LogP contribution in [0, 0.1) is 0 Å². The highest BCUT2D eigenvalue weighted by atomic mass is 16.3. The highest BCUT2D eigenvalue weighted by Crippen LogP contribution is 2.52. The fourth-order valence-corrected chi connectivity index (χ4v) is 8.47. The fourth-order valence-electron chi connectivity index (χ4n) is 8.47. The maximum Gasteiger partial charge on any atom is 0.135 e. The van der Waals surface area contributed by atoms with E-state index in [-0.39, 0.29) is 5.41 Å². The van der Waals surface area contributed by atoms with Gasteiger partial charge in [-0.25, -0.2) is 0 Å². The number of hydrogen-bond donors (Lipinski definition) is 0. The molecule has 10 rings (SSSR count). The van der Waals surface area contributed by atoms with Gasteiger partial charge in [-0.1, -0.05) is 141 Å². The summed E-state index contributed by atoms with van der Waals surface area (Å²) in [6.45, 7) is 4.71. The van der Waals surface area contributed by atoms with E-state index in [1.807, 2.05) is 12.1 Å². The Bertz CT molecular complexity index is 2780. The van der Waals surface area contributed by atoms with Crippen molar-refractivity contribution in [3.63, 3.8) is 0 Å². The molecule has 51 heavy (non-hydrogen) atoms. The van der Waals surface area contributed by atoms with E-state index in [0.29, 0.717) is 0 Å². The Morgan fingerprint density at radius 1 is 0.412 bits per heavy atom. The molecule has 1 aliphatic carbocycles. The first-order valence-corrected chi connectivity index (χ1v) is 17.7. The molecule has 0 aliphatic heterocycles. The van der Waals surface area contributed by atoms with Crippen LogP contribution < -0.4 is 4.90 Å². The molecule has 0 spiro atoms. The van der Waals surface area contributed by atoms with Crippen molar-refractivity contribution in [3.8, 4) is 33.4 Å². The summed E-state index contributed by atoms with van der Waals surface area (Å²) in [7, 11) is 0. The van der Waals surface area contributed by atoms with Gasteiger partial charge in [0, 0.05) is 33.2 Å². The van der Waals surface area contributed by atoms with Gasteiger partial charge in [0.2, 0.25) is 0 Å². The van der Waals surface area contributed by atoms with Crippen molar-refractivity contribution in [2.45, 2.75) is 19.3 Å². The molecule has 0 radical (unpaired) electrons. The third-order valence-electron chi connectivity index (χ3n) is 10.8. The molecule has 2 heteroatoms. The molecular weight excluding hydrogens is 619 g/mol. The van der Waals surface area contributed by atoms with Gasteiger partial charge >= 0.3 is 0 Å². The number of nitrogens with zero attached hydrogens (tertiary/aromatic N) is 1. The largest absolute Gasteiger partial charge is 0.456 e. The third kappa shape index (κ3) is 4.64. The summed E-state index contributed by atoms with van der Waals surface area (Å²) in [4.78, 5) is 2.37. The van der Waals surface area contributed by atoms with Crippen LogP contribution in [0.2, 0.25) is 0 Å². The van der Waals surface area contributed by atoms with Crippen LogP contribution in [-0.2, 0) is 5.41 Å². The molecule has 1 aromatic heterocycles. The Morgan fingerprint density at radius 2 is 1.04 bits per heavy atom. The molecule has 2 nitrogen and oxygen atoms in total.